The number of anilines is 1. The van der Waals surface area contributed by atoms with Crippen LogP contribution in [0, 0.1) is 12.7 Å². The van der Waals surface area contributed by atoms with Crippen LogP contribution in [0.4, 0.5) is 10.1 Å². The molecule has 25 heavy (non-hydrogen) atoms. The van der Waals surface area contributed by atoms with E-state index < -0.39 is 0 Å². The number of methoxy groups -OCH3 is 1. The van der Waals surface area contributed by atoms with E-state index in [9.17, 15) is 4.39 Å². The Hall–Kier alpha value is -2.18. The molecule has 0 aliphatic rings. The van der Waals surface area contributed by atoms with Crippen LogP contribution in [0.2, 0.25) is 0 Å². The van der Waals surface area contributed by atoms with Gasteiger partial charge in [-0.15, -0.1) is 0 Å². The molecule has 6 heteroatoms. The van der Waals surface area contributed by atoms with Gasteiger partial charge in [0.05, 0.1) is 13.2 Å². The van der Waals surface area contributed by atoms with E-state index in [1.165, 1.54) is 6.07 Å². The van der Waals surface area contributed by atoms with E-state index in [0.29, 0.717) is 22.9 Å². The Balaban J connectivity index is 1.97. The predicted molar refractivity (Wildman–Crippen MR) is 105 cm³/mol. The first-order valence-corrected chi connectivity index (χ1v) is 8.43. The summed E-state index contributed by atoms with van der Waals surface area (Å²) in [5.41, 5.74) is 2.39. The van der Waals surface area contributed by atoms with Crippen molar-refractivity contribution in [1.29, 1.82) is 0 Å². The summed E-state index contributed by atoms with van der Waals surface area (Å²) in [5.74, 6) is 0.574. The van der Waals surface area contributed by atoms with E-state index in [2.05, 4.69) is 15.5 Å². The van der Waals surface area contributed by atoms with Crippen molar-refractivity contribution >= 4 is 23.0 Å². The molecule has 1 atom stereocenters. The quantitative estimate of drug-likeness (QED) is 0.767. The van der Waals surface area contributed by atoms with Crippen LogP contribution in [0.3, 0.4) is 0 Å². The lowest BCUT2D eigenvalue weighted by atomic mass is 10.1. The number of benzene rings is 2. The average Bonchev–Trinajstić information content (AvgIpc) is 2.58. The van der Waals surface area contributed by atoms with Gasteiger partial charge in [-0.1, -0.05) is 18.2 Å². The molecule has 134 valence electrons. The van der Waals surface area contributed by atoms with Crippen molar-refractivity contribution in [3.05, 3.63) is 59.4 Å². The molecule has 0 amide bonds. The summed E-state index contributed by atoms with van der Waals surface area (Å²) in [4.78, 5) is 2.11. The molecule has 2 rings (SSSR count). The molecule has 0 bridgehead atoms. The van der Waals surface area contributed by atoms with E-state index in [0.717, 1.165) is 11.3 Å². The van der Waals surface area contributed by atoms with E-state index in [1.807, 2.05) is 38.4 Å². The van der Waals surface area contributed by atoms with E-state index in [4.69, 9.17) is 17.0 Å². The first-order valence-electron chi connectivity index (χ1n) is 8.02. The normalized spacial score (nSPS) is 11.9. The van der Waals surface area contributed by atoms with Gasteiger partial charge < -0.3 is 20.3 Å². The maximum Gasteiger partial charge on any atom is 0.170 e. The van der Waals surface area contributed by atoms with Crippen molar-refractivity contribution in [2.75, 3.05) is 33.1 Å². The molecule has 0 spiro atoms. The Morgan fingerprint density at radius 1 is 1.20 bits per heavy atom. The Morgan fingerprint density at radius 2 is 1.88 bits per heavy atom. The maximum atomic E-state index is 13.6. The third-order valence-corrected chi connectivity index (χ3v) is 4.26. The van der Waals surface area contributed by atoms with E-state index >= 15 is 0 Å². The lowest BCUT2D eigenvalue weighted by Gasteiger charge is -2.26. The minimum absolute atomic E-state index is 0.139. The summed E-state index contributed by atoms with van der Waals surface area (Å²) in [6, 6.07) is 13.1. The maximum absolute atomic E-state index is 13.6. The van der Waals surface area contributed by atoms with Gasteiger partial charge in [0.15, 0.2) is 5.11 Å². The van der Waals surface area contributed by atoms with E-state index in [1.54, 1.807) is 26.2 Å². The minimum atomic E-state index is -0.253. The summed E-state index contributed by atoms with van der Waals surface area (Å²) in [6.45, 7) is 2.35. The number of ether oxygens (including phenoxy) is 1. The molecule has 0 fully saturated rings. The number of hydrogen-bond acceptors (Lipinski definition) is 3. The smallest absolute Gasteiger partial charge is 0.170 e. The summed E-state index contributed by atoms with van der Waals surface area (Å²) in [7, 11) is 5.68. The van der Waals surface area contributed by atoms with Gasteiger partial charge in [0.25, 0.3) is 0 Å². The van der Waals surface area contributed by atoms with Gasteiger partial charge >= 0.3 is 0 Å². The van der Waals surface area contributed by atoms with Crippen LogP contribution in [-0.4, -0.2) is 37.8 Å². The van der Waals surface area contributed by atoms with Crippen molar-refractivity contribution in [2.45, 2.75) is 13.0 Å². The molecule has 2 aromatic rings. The highest BCUT2D eigenvalue weighted by atomic mass is 32.1. The first kappa shape index (κ1) is 19.1. The highest BCUT2D eigenvalue weighted by molar-refractivity contribution is 7.80. The fourth-order valence-electron chi connectivity index (χ4n) is 2.46. The van der Waals surface area contributed by atoms with Gasteiger partial charge in [0.1, 0.15) is 11.6 Å². The number of halogens is 1. The fourth-order valence-corrected chi connectivity index (χ4v) is 2.66. The lowest BCUT2D eigenvalue weighted by Crippen LogP contribution is -2.36. The first-order chi connectivity index (χ1) is 11.9. The Bertz CT molecular complexity index is 719. The third-order valence-electron chi connectivity index (χ3n) is 4.01. The second-order valence-electron chi connectivity index (χ2n) is 6.05. The zero-order chi connectivity index (χ0) is 18.4. The van der Waals surface area contributed by atoms with Crippen LogP contribution in [-0.2, 0) is 0 Å². The fraction of sp³-hybridized carbons (Fsp3) is 0.316. The van der Waals surface area contributed by atoms with Crippen molar-refractivity contribution in [3.63, 3.8) is 0 Å². The van der Waals surface area contributed by atoms with Gasteiger partial charge in [0.2, 0.25) is 0 Å². The molecule has 0 radical (unpaired) electrons. The molecule has 0 unspecified atom stereocenters. The number of nitrogens with zero attached hydrogens (tertiary/aromatic N) is 1. The Labute approximate surface area is 154 Å². The van der Waals surface area contributed by atoms with Gasteiger partial charge in [0, 0.05) is 12.2 Å². The molecular weight excluding hydrogens is 337 g/mol. The molecule has 0 saturated carbocycles. The van der Waals surface area contributed by atoms with Crippen molar-refractivity contribution in [2.24, 2.45) is 0 Å². The molecule has 2 N–H and O–H groups in total. The molecule has 0 aliphatic carbocycles. The number of rotatable bonds is 6. The van der Waals surface area contributed by atoms with Crippen molar-refractivity contribution < 1.29 is 9.13 Å². The summed E-state index contributed by atoms with van der Waals surface area (Å²) in [5, 5.41) is 6.68. The zero-order valence-corrected chi connectivity index (χ0v) is 15.8. The third kappa shape index (κ3) is 5.41. The average molecular weight is 361 g/mol. The predicted octanol–water partition coefficient (Wildman–Crippen LogP) is 3.73. The Kier molecular flexibility index (Phi) is 6.73. The van der Waals surface area contributed by atoms with Gasteiger partial charge in [-0.05, 0) is 68.6 Å². The molecule has 0 saturated heterocycles. The second-order valence-corrected chi connectivity index (χ2v) is 6.46. The number of aryl methyl sites for hydroxylation is 1. The van der Waals surface area contributed by atoms with Crippen LogP contribution >= 0.6 is 12.2 Å². The van der Waals surface area contributed by atoms with Crippen LogP contribution < -0.4 is 15.4 Å². The standard InChI is InChI=1S/C19H24FN3OS/c1-13-5-8-15(11-17(13)20)22-19(25)21-12-18(23(2)3)14-6-9-16(24-4)10-7-14/h5-11,18H,12H2,1-4H3,(H2,21,22,25)/t18-/m1/s1. The molecular formula is C19H24FN3OS. The topological polar surface area (TPSA) is 36.5 Å². The highest BCUT2D eigenvalue weighted by Gasteiger charge is 2.14. The van der Waals surface area contributed by atoms with Gasteiger partial charge in [-0.25, -0.2) is 4.39 Å². The minimum Gasteiger partial charge on any atom is -0.497 e. The lowest BCUT2D eigenvalue weighted by molar-refractivity contribution is 0.299. The molecule has 0 aromatic heterocycles. The van der Waals surface area contributed by atoms with Gasteiger partial charge in [-0.2, -0.15) is 0 Å². The molecule has 4 nitrogen and oxygen atoms in total. The number of likely N-dealkylation sites (N-methyl/N-ethyl adjacent to an activating group) is 1. The summed E-state index contributed by atoms with van der Waals surface area (Å²) >= 11 is 5.32. The van der Waals surface area contributed by atoms with Crippen molar-refractivity contribution in [3.8, 4) is 5.75 Å². The second kappa shape index (κ2) is 8.78. The van der Waals surface area contributed by atoms with Crippen LogP contribution in [0.1, 0.15) is 17.2 Å². The van der Waals surface area contributed by atoms with Crippen LogP contribution in [0.5, 0.6) is 5.75 Å². The Morgan fingerprint density at radius 3 is 2.44 bits per heavy atom. The number of thiocarbonyl (C=S) groups is 1. The summed E-state index contributed by atoms with van der Waals surface area (Å²) in [6.07, 6.45) is 0. The number of nitrogens with one attached hydrogen (secondary N) is 2. The molecule has 0 aliphatic heterocycles. The molecule has 2 aromatic carbocycles. The van der Waals surface area contributed by atoms with Gasteiger partial charge in [-0.3, -0.25) is 0 Å². The zero-order valence-electron chi connectivity index (χ0n) is 15.0. The number of hydrogen-bond donors (Lipinski definition) is 2. The summed E-state index contributed by atoms with van der Waals surface area (Å²) < 4.78 is 18.8. The van der Waals surface area contributed by atoms with Crippen molar-refractivity contribution in [1.82, 2.24) is 10.2 Å². The molecule has 0 heterocycles. The van der Waals surface area contributed by atoms with E-state index in [-0.39, 0.29) is 11.9 Å². The highest BCUT2D eigenvalue weighted by Crippen LogP contribution is 2.21. The van der Waals surface area contributed by atoms with Crippen LogP contribution in [0.25, 0.3) is 0 Å². The monoisotopic (exact) mass is 361 g/mol. The SMILES string of the molecule is COc1ccc([C@@H](CNC(=S)Nc2ccc(C)c(F)c2)N(C)C)cc1. The largest absolute Gasteiger partial charge is 0.497 e. The van der Waals surface area contributed by atoms with Crippen LogP contribution in [0.15, 0.2) is 42.5 Å².